The molecule has 0 atom stereocenters. The SMILES string of the molecule is COc1cccc(C(=O)Nc2nnc(SCc3ccc(F)cc3)s2)c1OC. The van der Waals surface area contributed by atoms with Crippen LogP contribution in [0.1, 0.15) is 15.9 Å². The van der Waals surface area contributed by atoms with E-state index in [9.17, 15) is 9.18 Å². The highest BCUT2D eigenvalue weighted by atomic mass is 32.2. The van der Waals surface area contributed by atoms with E-state index in [1.54, 1.807) is 30.3 Å². The number of thioether (sulfide) groups is 1. The fourth-order valence-corrected chi connectivity index (χ4v) is 3.98. The van der Waals surface area contributed by atoms with Gasteiger partial charge in [-0.05, 0) is 29.8 Å². The molecule has 1 N–H and O–H groups in total. The molecule has 3 aromatic rings. The van der Waals surface area contributed by atoms with Gasteiger partial charge in [-0.1, -0.05) is 41.3 Å². The third kappa shape index (κ3) is 4.75. The van der Waals surface area contributed by atoms with E-state index in [2.05, 4.69) is 15.5 Å². The van der Waals surface area contributed by atoms with Crippen LogP contribution in [0, 0.1) is 5.82 Å². The number of nitrogens with one attached hydrogen (secondary N) is 1. The van der Waals surface area contributed by atoms with Crippen LogP contribution in [-0.4, -0.2) is 30.3 Å². The molecule has 0 bridgehead atoms. The summed E-state index contributed by atoms with van der Waals surface area (Å²) < 4.78 is 24.1. The second-order valence-electron chi connectivity index (χ2n) is 5.28. The number of hydrogen-bond donors (Lipinski definition) is 1. The first-order valence-electron chi connectivity index (χ1n) is 7.84. The van der Waals surface area contributed by atoms with Crippen molar-refractivity contribution in [1.82, 2.24) is 10.2 Å². The molecular formula is C18H16FN3O3S2. The molecule has 2 aromatic carbocycles. The summed E-state index contributed by atoms with van der Waals surface area (Å²) in [6, 6.07) is 11.3. The molecule has 3 rings (SSSR count). The number of anilines is 1. The molecule has 0 aliphatic heterocycles. The molecule has 0 saturated carbocycles. The van der Waals surface area contributed by atoms with E-state index < -0.39 is 0 Å². The largest absolute Gasteiger partial charge is 0.493 e. The average molecular weight is 405 g/mol. The Morgan fingerprint density at radius 3 is 2.63 bits per heavy atom. The smallest absolute Gasteiger partial charge is 0.261 e. The van der Waals surface area contributed by atoms with Gasteiger partial charge in [-0.15, -0.1) is 10.2 Å². The van der Waals surface area contributed by atoms with Crippen LogP contribution in [0.25, 0.3) is 0 Å². The molecule has 0 unspecified atom stereocenters. The number of para-hydroxylation sites is 1. The highest BCUT2D eigenvalue weighted by molar-refractivity contribution is 8.00. The summed E-state index contributed by atoms with van der Waals surface area (Å²) in [6.07, 6.45) is 0. The van der Waals surface area contributed by atoms with Crippen molar-refractivity contribution in [2.24, 2.45) is 0 Å². The number of carbonyl (C=O) groups is 1. The first kappa shape index (κ1) is 19.1. The molecule has 0 aliphatic rings. The molecule has 1 heterocycles. The van der Waals surface area contributed by atoms with Gasteiger partial charge in [-0.3, -0.25) is 10.1 Å². The fourth-order valence-electron chi connectivity index (χ4n) is 2.27. The van der Waals surface area contributed by atoms with E-state index in [0.717, 1.165) is 5.56 Å². The van der Waals surface area contributed by atoms with E-state index in [4.69, 9.17) is 9.47 Å². The molecule has 0 radical (unpaired) electrons. The Morgan fingerprint density at radius 2 is 1.93 bits per heavy atom. The zero-order valence-electron chi connectivity index (χ0n) is 14.6. The molecule has 6 nitrogen and oxygen atoms in total. The van der Waals surface area contributed by atoms with Crippen molar-refractivity contribution in [2.45, 2.75) is 10.1 Å². The number of ether oxygens (including phenoxy) is 2. The first-order chi connectivity index (χ1) is 13.1. The molecule has 1 amide bonds. The zero-order valence-corrected chi connectivity index (χ0v) is 16.2. The van der Waals surface area contributed by atoms with E-state index in [1.165, 1.54) is 49.5 Å². The van der Waals surface area contributed by atoms with E-state index in [0.29, 0.717) is 32.3 Å². The van der Waals surface area contributed by atoms with Crippen molar-refractivity contribution in [2.75, 3.05) is 19.5 Å². The summed E-state index contributed by atoms with van der Waals surface area (Å²) >= 11 is 2.73. The van der Waals surface area contributed by atoms with Crippen molar-refractivity contribution in [3.8, 4) is 11.5 Å². The van der Waals surface area contributed by atoms with E-state index >= 15 is 0 Å². The van der Waals surface area contributed by atoms with Gasteiger partial charge in [-0.2, -0.15) is 0 Å². The van der Waals surface area contributed by atoms with Gasteiger partial charge in [0.15, 0.2) is 15.8 Å². The maximum absolute atomic E-state index is 12.9. The number of rotatable bonds is 7. The standard InChI is InChI=1S/C18H16FN3O3S2/c1-24-14-5-3-4-13(15(14)25-2)16(23)20-17-21-22-18(27-17)26-10-11-6-8-12(19)9-7-11/h3-9H,10H2,1-2H3,(H,20,21,23). The Bertz CT molecular complexity index is 932. The molecule has 0 fully saturated rings. The third-order valence-corrected chi connectivity index (χ3v) is 5.59. The van der Waals surface area contributed by atoms with Crippen molar-refractivity contribution in [3.05, 3.63) is 59.4 Å². The minimum atomic E-state index is -0.364. The van der Waals surface area contributed by atoms with E-state index in [1.807, 2.05) is 0 Å². The normalized spacial score (nSPS) is 10.5. The first-order valence-corrected chi connectivity index (χ1v) is 9.64. The topological polar surface area (TPSA) is 73.3 Å². The van der Waals surface area contributed by atoms with Crippen LogP contribution in [0.3, 0.4) is 0 Å². The summed E-state index contributed by atoms with van der Waals surface area (Å²) in [5, 5.41) is 11.1. The number of halogens is 1. The van der Waals surface area contributed by atoms with Crippen molar-refractivity contribution in [3.63, 3.8) is 0 Å². The lowest BCUT2D eigenvalue weighted by molar-refractivity contribution is 0.102. The minimum Gasteiger partial charge on any atom is -0.493 e. The van der Waals surface area contributed by atoms with Crippen LogP contribution < -0.4 is 14.8 Å². The van der Waals surface area contributed by atoms with Gasteiger partial charge in [0.05, 0.1) is 19.8 Å². The lowest BCUT2D eigenvalue weighted by Gasteiger charge is -2.11. The molecule has 9 heteroatoms. The summed E-state index contributed by atoms with van der Waals surface area (Å²) in [5.74, 6) is 0.826. The Balaban J connectivity index is 1.65. The number of carbonyl (C=O) groups excluding carboxylic acids is 1. The number of hydrogen-bond acceptors (Lipinski definition) is 7. The van der Waals surface area contributed by atoms with Crippen molar-refractivity contribution >= 4 is 34.1 Å². The lowest BCUT2D eigenvalue weighted by atomic mass is 10.1. The highest BCUT2D eigenvalue weighted by Gasteiger charge is 2.18. The fraction of sp³-hybridized carbons (Fsp3) is 0.167. The number of aromatic nitrogens is 2. The monoisotopic (exact) mass is 405 g/mol. The lowest BCUT2D eigenvalue weighted by Crippen LogP contribution is -2.13. The van der Waals surface area contributed by atoms with Gasteiger partial charge in [-0.25, -0.2) is 4.39 Å². The Labute approximate surface area is 163 Å². The molecule has 0 aliphatic carbocycles. The maximum Gasteiger partial charge on any atom is 0.261 e. The zero-order chi connectivity index (χ0) is 19.2. The highest BCUT2D eigenvalue weighted by Crippen LogP contribution is 2.32. The maximum atomic E-state index is 12.9. The van der Waals surface area contributed by atoms with Gasteiger partial charge in [0.25, 0.3) is 5.91 Å². The van der Waals surface area contributed by atoms with Gasteiger partial charge in [0, 0.05) is 5.75 Å². The van der Waals surface area contributed by atoms with Crippen molar-refractivity contribution in [1.29, 1.82) is 0 Å². The predicted molar refractivity (Wildman–Crippen MR) is 103 cm³/mol. The molecule has 0 spiro atoms. The van der Waals surface area contributed by atoms with Crippen LogP contribution in [-0.2, 0) is 5.75 Å². The van der Waals surface area contributed by atoms with Crippen LogP contribution in [0.4, 0.5) is 9.52 Å². The molecule has 0 saturated heterocycles. The Kier molecular flexibility index (Phi) is 6.25. The molecule has 27 heavy (non-hydrogen) atoms. The van der Waals surface area contributed by atoms with E-state index in [-0.39, 0.29) is 11.7 Å². The summed E-state index contributed by atoms with van der Waals surface area (Å²) in [5.41, 5.74) is 1.32. The molecule has 140 valence electrons. The van der Waals surface area contributed by atoms with Crippen molar-refractivity contribution < 1.29 is 18.7 Å². The number of nitrogens with zero attached hydrogens (tertiary/aromatic N) is 2. The predicted octanol–water partition coefficient (Wildman–Crippen LogP) is 4.24. The molecule has 1 aromatic heterocycles. The summed E-state index contributed by atoms with van der Waals surface area (Å²) in [4.78, 5) is 12.5. The molecular weight excluding hydrogens is 389 g/mol. The quantitative estimate of drug-likeness (QED) is 0.468. The van der Waals surface area contributed by atoms with Gasteiger partial charge in [0.1, 0.15) is 5.82 Å². The van der Waals surface area contributed by atoms with Crippen LogP contribution in [0.2, 0.25) is 0 Å². The Hall–Kier alpha value is -2.65. The third-order valence-electron chi connectivity index (χ3n) is 3.55. The second-order valence-corrected chi connectivity index (χ2v) is 7.48. The van der Waals surface area contributed by atoms with Crippen LogP contribution >= 0.6 is 23.1 Å². The van der Waals surface area contributed by atoms with Crippen LogP contribution in [0.15, 0.2) is 46.8 Å². The summed E-state index contributed by atoms with van der Waals surface area (Å²) in [6.45, 7) is 0. The number of amides is 1. The Morgan fingerprint density at radius 1 is 1.15 bits per heavy atom. The van der Waals surface area contributed by atoms with Gasteiger partial charge >= 0.3 is 0 Å². The average Bonchev–Trinajstić information content (AvgIpc) is 3.14. The van der Waals surface area contributed by atoms with Gasteiger partial charge in [0.2, 0.25) is 5.13 Å². The minimum absolute atomic E-state index is 0.266. The number of methoxy groups -OCH3 is 2. The number of benzene rings is 2. The van der Waals surface area contributed by atoms with Crippen LogP contribution in [0.5, 0.6) is 11.5 Å². The second kappa shape index (κ2) is 8.83. The summed E-state index contributed by atoms with van der Waals surface area (Å²) in [7, 11) is 2.98. The van der Waals surface area contributed by atoms with Gasteiger partial charge < -0.3 is 9.47 Å².